The molecule has 0 aromatic heterocycles. The summed E-state index contributed by atoms with van der Waals surface area (Å²) in [7, 11) is 2.99. The summed E-state index contributed by atoms with van der Waals surface area (Å²) < 4.78 is 21.3. The molecule has 0 saturated heterocycles. The average Bonchev–Trinajstić information content (AvgIpc) is 2.73. The van der Waals surface area contributed by atoms with Crippen LogP contribution in [-0.2, 0) is 0 Å². The molecule has 2 rings (SSSR count). The molecule has 0 aliphatic heterocycles. The molecule has 0 aliphatic carbocycles. The molecular formula is C21H21ClN2O5. The fourth-order valence-electron chi connectivity index (χ4n) is 2.38. The second-order valence-electron chi connectivity index (χ2n) is 5.52. The van der Waals surface area contributed by atoms with Gasteiger partial charge in [0.05, 0.1) is 32.1 Å². The number of methoxy groups -OCH3 is 2. The fourth-order valence-corrected chi connectivity index (χ4v) is 2.66. The summed E-state index contributed by atoms with van der Waals surface area (Å²) in [6, 6.07) is 8.14. The third kappa shape index (κ3) is 5.80. The van der Waals surface area contributed by atoms with Gasteiger partial charge in [-0.05, 0) is 42.8 Å². The van der Waals surface area contributed by atoms with Gasteiger partial charge in [-0.15, -0.1) is 6.42 Å². The Balaban J connectivity index is 2.12. The highest BCUT2D eigenvalue weighted by atomic mass is 35.5. The van der Waals surface area contributed by atoms with Gasteiger partial charge < -0.3 is 18.9 Å². The fraction of sp³-hybridized carbons (Fsp3) is 0.238. The number of nitrogens with zero attached hydrogens (tertiary/aromatic N) is 1. The van der Waals surface area contributed by atoms with Crippen LogP contribution in [-0.4, -0.2) is 39.6 Å². The zero-order chi connectivity index (χ0) is 21.2. The molecule has 0 saturated carbocycles. The molecule has 0 bridgehead atoms. The Kier molecular flexibility index (Phi) is 8.19. The number of halogens is 1. The number of hydrazone groups is 1. The first-order valence-electron chi connectivity index (χ1n) is 8.62. The van der Waals surface area contributed by atoms with Gasteiger partial charge in [0.25, 0.3) is 5.91 Å². The number of carbonyl (C=O) groups excluding carboxylic acids is 1. The molecule has 0 unspecified atom stereocenters. The summed E-state index contributed by atoms with van der Waals surface area (Å²) >= 11 is 6.21. The molecule has 0 atom stereocenters. The van der Waals surface area contributed by atoms with Crippen LogP contribution in [0.3, 0.4) is 0 Å². The lowest BCUT2D eigenvalue weighted by atomic mass is 10.2. The average molecular weight is 417 g/mol. The van der Waals surface area contributed by atoms with E-state index in [9.17, 15) is 4.79 Å². The van der Waals surface area contributed by atoms with E-state index in [-0.39, 0.29) is 6.61 Å². The Labute approximate surface area is 174 Å². The van der Waals surface area contributed by atoms with Crippen molar-refractivity contribution in [2.45, 2.75) is 6.92 Å². The minimum atomic E-state index is -0.408. The molecule has 7 nitrogen and oxygen atoms in total. The normalized spacial score (nSPS) is 10.3. The predicted octanol–water partition coefficient (Wildman–Crippen LogP) is 3.53. The van der Waals surface area contributed by atoms with Gasteiger partial charge in [-0.1, -0.05) is 17.5 Å². The lowest BCUT2D eigenvalue weighted by Gasteiger charge is -2.11. The molecule has 1 amide bonds. The monoisotopic (exact) mass is 416 g/mol. The third-order valence-electron chi connectivity index (χ3n) is 3.66. The molecule has 0 heterocycles. The van der Waals surface area contributed by atoms with Gasteiger partial charge in [-0.25, -0.2) is 5.43 Å². The highest BCUT2D eigenvalue weighted by Crippen LogP contribution is 2.36. The van der Waals surface area contributed by atoms with Crippen LogP contribution in [0.5, 0.6) is 23.0 Å². The number of ether oxygens (including phenoxy) is 4. The maximum absolute atomic E-state index is 12.3. The van der Waals surface area contributed by atoms with Crippen LogP contribution in [0.4, 0.5) is 0 Å². The van der Waals surface area contributed by atoms with Crippen LogP contribution in [0.25, 0.3) is 0 Å². The molecule has 0 radical (unpaired) electrons. The minimum Gasteiger partial charge on any atom is -0.493 e. The van der Waals surface area contributed by atoms with Crippen molar-refractivity contribution in [1.82, 2.24) is 5.43 Å². The summed E-state index contributed by atoms with van der Waals surface area (Å²) in [4.78, 5) is 12.3. The maximum atomic E-state index is 12.3. The zero-order valence-electron chi connectivity index (χ0n) is 16.3. The molecular weight excluding hydrogens is 396 g/mol. The third-order valence-corrected chi connectivity index (χ3v) is 3.94. The van der Waals surface area contributed by atoms with Gasteiger partial charge in [0.1, 0.15) is 6.61 Å². The molecule has 0 aliphatic rings. The Bertz CT molecular complexity index is 937. The van der Waals surface area contributed by atoms with E-state index in [1.807, 2.05) is 6.92 Å². The smallest absolute Gasteiger partial charge is 0.271 e. The molecule has 1 N–H and O–H groups in total. The quantitative estimate of drug-likeness (QED) is 0.384. The summed E-state index contributed by atoms with van der Waals surface area (Å²) in [5.41, 5.74) is 3.42. The first kappa shape index (κ1) is 21.9. The van der Waals surface area contributed by atoms with E-state index in [2.05, 4.69) is 16.4 Å². The van der Waals surface area contributed by atoms with Crippen molar-refractivity contribution in [1.29, 1.82) is 0 Å². The Morgan fingerprint density at radius 3 is 2.59 bits per heavy atom. The van der Waals surface area contributed by atoms with Crippen molar-refractivity contribution >= 4 is 23.7 Å². The zero-order valence-corrected chi connectivity index (χ0v) is 17.1. The molecule has 0 fully saturated rings. The maximum Gasteiger partial charge on any atom is 0.271 e. The van der Waals surface area contributed by atoms with Crippen LogP contribution in [0.1, 0.15) is 22.8 Å². The van der Waals surface area contributed by atoms with Crippen LogP contribution >= 0.6 is 11.6 Å². The molecule has 2 aromatic carbocycles. The SMILES string of the molecule is C#CCOc1c(Cl)cc(/C=N/NC(=O)c2ccc(OCC)c(OC)c2)cc1OC. The number of hydrogen-bond donors (Lipinski definition) is 1. The summed E-state index contributed by atoms with van der Waals surface area (Å²) in [5.74, 6) is 3.72. The second kappa shape index (κ2) is 10.8. The van der Waals surface area contributed by atoms with Crippen LogP contribution in [0, 0.1) is 12.3 Å². The van der Waals surface area contributed by atoms with E-state index in [1.54, 1.807) is 30.3 Å². The van der Waals surface area contributed by atoms with Crippen molar-refractivity contribution in [2.75, 3.05) is 27.4 Å². The van der Waals surface area contributed by atoms with E-state index in [0.717, 1.165) is 0 Å². The lowest BCUT2D eigenvalue weighted by Crippen LogP contribution is -2.17. The van der Waals surface area contributed by atoms with Crippen LogP contribution in [0.2, 0.25) is 5.02 Å². The highest BCUT2D eigenvalue weighted by molar-refractivity contribution is 6.32. The van der Waals surface area contributed by atoms with Gasteiger partial charge in [0.2, 0.25) is 0 Å². The summed E-state index contributed by atoms with van der Waals surface area (Å²) in [5, 5.41) is 4.27. The predicted molar refractivity (Wildman–Crippen MR) is 112 cm³/mol. The Hall–Kier alpha value is -3.37. The lowest BCUT2D eigenvalue weighted by molar-refractivity contribution is 0.0954. The van der Waals surface area contributed by atoms with Gasteiger partial charge in [0.15, 0.2) is 23.0 Å². The van der Waals surface area contributed by atoms with Crippen molar-refractivity contribution in [3.8, 4) is 35.3 Å². The summed E-state index contributed by atoms with van der Waals surface area (Å²) in [6.07, 6.45) is 6.63. The van der Waals surface area contributed by atoms with Crippen molar-refractivity contribution in [3.63, 3.8) is 0 Å². The van der Waals surface area contributed by atoms with Gasteiger partial charge in [-0.3, -0.25) is 4.79 Å². The number of amides is 1. The highest BCUT2D eigenvalue weighted by Gasteiger charge is 2.12. The van der Waals surface area contributed by atoms with Gasteiger partial charge in [-0.2, -0.15) is 5.10 Å². The number of carbonyl (C=O) groups is 1. The van der Waals surface area contributed by atoms with Crippen molar-refractivity contribution in [3.05, 3.63) is 46.5 Å². The van der Waals surface area contributed by atoms with Gasteiger partial charge >= 0.3 is 0 Å². The van der Waals surface area contributed by atoms with Gasteiger partial charge in [0, 0.05) is 5.56 Å². The van der Waals surface area contributed by atoms with E-state index < -0.39 is 5.91 Å². The standard InChI is InChI=1S/C21H21ClN2O5/c1-5-9-29-20-16(22)10-14(11-19(20)27-4)13-23-24-21(25)15-7-8-17(28-6-2)18(12-15)26-3/h1,7-8,10-13H,6,9H2,2-4H3,(H,24,25)/b23-13+. The summed E-state index contributed by atoms with van der Waals surface area (Å²) in [6.45, 7) is 2.42. The largest absolute Gasteiger partial charge is 0.493 e. The molecule has 0 spiro atoms. The van der Waals surface area contributed by atoms with Crippen LogP contribution < -0.4 is 24.4 Å². The van der Waals surface area contributed by atoms with Crippen molar-refractivity contribution < 1.29 is 23.7 Å². The molecule has 152 valence electrons. The number of benzene rings is 2. The molecule has 8 heteroatoms. The Morgan fingerprint density at radius 1 is 1.17 bits per heavy atom. The van der Waals surface area contributed by atoms with E-state index in [1.165, 1.54) is 20.4 Å². The van der Waals surface area contributed by atoms with E-state index in [4.69, 9.17) is 37.0 Å². The van der Waals surface area contributed by atoms with Crippen LogP contribution in [0.15, 0.2) is 35.4 Å². The van der Waals surface area contributed by atoms with E-state index in [0.29, 0.717) is 45.8 Å². The van der Waals surface area contributed by atoms with Crippen molar-refractivity contribution in [2.24, 2.45) is 5.10 Å². The first-order chi connectivity index (χ1) is 14.0. The van der Waals surface area contributed by atoms with E-state index >= 15 is 0 Å². The number of hydrogen-bond acceptors (Lipinski definition) is 6. The molecule has 29 heavy (non-hydrogen) atoms. The Morgan fingerprint density at radius 2 is 1.93 bits per heavy atom. The first-order valence-corrected chi connectivity index (χ1v) is 8.99. The second-order valence-corrected chi connectivity index (χ2v) is 5.93. The number of terminal acetylenes is 1. The number of nitrogens with one attached hydrogen (secondary N) is 1. The topological polar surface area (TPSA) is 78.4 Å². The number of rotatable bonds is 9. The molecule has 2 aromatic rings. The minimum absolute atomic E-state index is 0.0606.